The molecule has 2 saturated heterocycles. The molecule has 0 aliphatic carbocycles. The lowest BCUT2D eigenvalue weighted by molar-refractivity contribution is 0.0856. The van der Waals surface area contributed by atoms with Crippen LogP contribution in [0, 0.1) is 0 Å². The molecule has 3 rings (SSSR count). The lowest BCUT2D eigenvalue weighted by Crippen LogP contribution is -2.50. The monoisotopic (exact) mass is 271 g/mol. The van der Waals surface area contributed by atoms with Crippen LogP contribution in [-0.2, 0) is 11.2 Å². The summed E-state index contributed by atoms with van der Waals surface area (Å²) in [5, 5.41) is 1.22. The van der Waals surface area contributed by atoms with Gasteiger partial charge in [-0.3, -0.25) is 0 Å². The molecule has 0 saturated carbocycles. The van der Waals surface area contributed by atoms with Gasteiger partial charge in [-0.15, -0.1) is 0 Å². The molecule has 0 spiro atoms. The Morgan fingerprint density at radius 3 is 2.82 bits per heavy atom. The van der Waals surface area contributed by atoms with Gasteiger partial charge in [0.25, 0.3) is 0 Å². The fourth-order valence-corrected chi connectivity index (χ4v) is 3.45. The zero-order chi connectivity index (χ0) is 12.0. The second-order valence-corrected chi connectivity index (χ2v) is 5.94. The number of benzene rings is 1. The SMILES string of the molecule is NC1(Cc2cccc(Cl)c2Cl)CC2CCC1O2. The van der Waals surface area contributed by atoms with Gasteiger partial charge in [-0.05, 0) is 37.3 Å². The minimum atomic E-state index is -0.267. The van der Waals surface area contributed by atoms with Gasteiger partial charge < -0.3 is 10.5 Å². The van der Waals surface area contributed by atoms with E-state index in [4.69, 9.17) is 33.7 Å². The molecule has 1 aromatic rings. The predicted octanol–water partition coefficient (Wildman–Crippen LogP) is 3.18. The van der Waals surface area contributed by atoms with Crippen LogP contribution >= 0.6 is 23.2 Å². The Bertz CT molecular complexity index is 451. The molecule has 3 unspecified atom stereocenters. The minimum Gasteiger partial charge on any atom is -0.373 e. The van der Waals surface area contributed by atoms with Gasteiger partial charge in [0.05, 0.1) is 22.3 Å². The van der Waals surface area contributed by atoms with E-state index >= 15 is 0 Å². The molecular formula is C13H15Cl2NO. The molecular weight excluding hydrogens is 257 g/mol. The number of fused-ring (bicyclic) bond motifs is 2. The number of halogens is 2. The first-order valence-electron chi connectivity index (χ1n) is 5.96. The van der Waals surface area contributed by atoms with Crippen LogP contribution in [0.3, 0.4) is 0 Å². The van der Waals surface area contributed by atoms with Crippen molar-refractivity contribution < 1.29 is 4.74 Å². The summed E-state index contributed by atoms with van der Waals surface area (Å²) in [6.07, 6.45) is 4.42. The van der Waals surface area contributed by atoms with Crippen molar-refractivity contribution in [3.8, 4) is 0 Å². The number of hydrogen-bond acceptors (Lipinski definition) is 2. The highest BCUT2D eigenvalue weighted by atomic mass is 35.5. The number of ether oxygens (including phenoxy) is 1. The van der Waals surface area contributed by atoms with E-state index in [9.17, 15) is 0 Å². The normalized spacial score (nSPS) is 35.5. The number of nitrogens with two attached hydrogens (primary N) is 1. The third-order valence-corrected chi connectivity index (χ3v) is 4.77. The van der Waals surface area contributed by atoms with Crippen molar-refractivity contribution in [3.63, 3.8) is 0 Å². The van der Waals surface area contributed by atoms with Crippen LogP contribution in [0.1, 0.15) is 24.8 Å². The summed E-state index contributed by atoms with van der Waals surface area (Å²) in [7, 11) is 0. The van der Waals surface area contributed by atoms with Crippen molar-refractivity contribution in [2.75, 3.05) is 0 Å². The van der Waals surface area contributed by atoms with Crippen LogP contribution in [0.25, 0.3) is 0 Å². The van der Waals surface area contributed by atoms with Crippen molar-refractivity contribution in [2.45, 2.75) is 43.4 Å². The Hall–Kier alpha value is -0.280. The topological polar surface area (TPSA) is 35.2 Å². The second-order valence-electron chi connectivity index (χ2n) is 5.15. The van der Waals surface area contributed by atoms with Crippen molar-refractivity contribution in [1.29, 1.82) is 0 Å². The van der Waals surface area contributed by atoms with Gasteiger partial charge in [0.2, 0.25) is 0 Å². The van der Waals surface area contributed by atoms with Gasteiger partial charge in [0.1, 0.15) is 0 Å². The Balaban J connectivity index is 1.85. The number of rotatable bonds is 2. The Labute approximate surface area is 111 Å². The molecule has 0 radical (unpaired) electrons. The van der Waals surface area contributed by atoms with E-state index in [0.29, 0.717) is 16.1 Å². The van der Waals surface area contributed by atoms with Crippen LogP contribution in [0.15, 0.2) is 18.2 Å². The highest BCUT2D eigenvalue weighted by molar-refractivity contribution is 6.42. The summed E-state index contributed by atoms with van der Waals surface area (Å²) in [5.74, 6) is 0. The van der Waals surface area contributed by atoms with Crippen molar-refractivity contribution in [3.05, 3.63) is 33.8 Å². The standard InChI is InChI=1S/C13H15Cl2NO/c14-10-3-1-2-8(12(10)15)6-13(16)7-9-4-5-11(13)17-9/h1-3,9,11H,4-7,16H2. The van der Waals surface area contributed by atoms with E-state index in [1.165, 1.54) is 0 Å². The second kappa shape index (κ2) is 4.13. The lowest BCUT2D eigenvalue weighted by atomic mass is 9.78. The van der Waals surface area contributed by atoms with Gasteiger partial charge in [-0.1, -0.05) is 35.3 Å². The average Bonchev–Trinajstić information content (AvgIpc) is 2.84. The summed E-state index contributed by atoms with van der Waals surface area (Å²) in [6.45, 7) is 0. The molecule has 92 valence electrons. The fraction of sp³-hybridized carbons (Fsp3) is 0.538. The van der Waals surface area contributed by atoms with Crippen LogP contribution in [-0.4, -0.2) is 17.7 Å². The van der Waals surface area contributed by atoms with Gasteiger partial charge in [-0.25, -0.2) is 0 Å². The Morgan fingerprint density at radius 2 is 2.18 bits per heavy atom. The maximum absolute atomic E-state index is 6.47. The summed E-state index contributed by atoms with van der Waals surface area (Å²) >= 11 is 12.2. The zero-order valence-corrected chi connectivity index (χ0v) is 11.0. The molecule has 3 atom stereocenters. The molecule has 4 heteroatoms. The first-order chi connectivity index (χ1) is 8.08. The summed E-state index contributed by atoms with van der Waals surface area (Å²) in [4.78, 5) is 0. The van der Waals surface area contributed by atoms with E-state index in [1.807, 2.05) is 12.1 Å². The molecule has 0 aromatic heterocycles. The van der Waals surface area contributed by atoms with E-state index in [-0.39, 0.29) is 11.6 Å². The third-order valence-electron chi connectivity index (χ3n) is 3.91. The zero-order valence-electron chi connectivity index (χ0n) is 9.46. The van der Waals surface area contributed by atoms with Crippen LogP contribution in [0.5, 0.6) is 0 Å². The molecule has 2 nitrogen and oxygen atoms in total. The van der Waals surface area contributed by atoms with Crippen LogP contribution < -0.4 is 5.73 Å². The maximum Gasteiger partial charge on any atom is 0.0763 e. The quantitative estimate of drug-likeness (QED) is 0.897. The summed E-state index contributed by atoms with van der Waals surface area (Å²) in [5.41, 5.74) is 7.23. The smallest absolute Gasteiger partial charge is 0.0763 e. The predicted molar refractivity (Wildman–Crippen MR) is 69.6 cm³/mol. The summed E-state index contributed by atoms with van der Waals surface area (Å²) < 4.78 is 5.83. The molecule has 2 aliphatic rings. The van der Waals surface area contributed by atoms with Gasteiger partial charge in [0, 0.05) is 5.54 Å². The van der Waals surface area contributed by atoms with E-state index in [1.54, 1.807) is 6.07 Å². The molecule has 2 heterocycles. The van der Waals surface area contributed by atoms with Crippen molar-refractivity contribution >= 4 is 23.2 Å². The maximum atomic E-state index is 6.47. The largest absolute Gasteiger partial charge is 0.373 e. The van der Waals surface area contributed by atoms with Gasteiger partial charge in [0.15, 0.2) is 0 Å². The van der Waals surface area contributed by atoms with Crippen molar-refractivity contribution in [1.82, 2.24) is 0 Å². The lowest BCUT2D eigenvalue weighted by Gasteiger charge is -2.31. The Morgan fingerprint density at radius 1 is 1.35 bits per heavy atom. The van der Waals surface area contributed by atoms with Crippen LogP contribution in [0.4, 0.5) is 0 Å². The Kier molecular flexibility index (Phi) is 2.86. The van der Waals surface area contributed by atoms with E-state index in [2.05, 4.69) is 0 Å². The molecule has 2 N–H and O–H groups in total. The highest BCUT2D eigenvalue weighted by Crippen LogP contribution is 2.43. The molecule has 0 amide bonds. The third kappa shape index (κ3) is 1.97. The number of hydrogen-bond donors (Lipinski definition) is 1. The highest BCUT2D eigenvalue weighted by Gasteiger charge is 2.49. The molecule has 1 aromatic carbocycles. The van der Waals surface area contributed by atoms with Crippen LogP contribution in [0.2, 0.25) is 10.0 Å². The first kappa shape index (κ1) is 11.8. The first-order valence-corrected chi connectivity index (χ1v) is 6.71. The molecule has 2 bridgehead atoms. The molecule has 17 heavy (non-hydrogen) atoms. The minimum absolute atomic E-state index is 0.183. The molecule has 2 aliphatic heterocycles. The van der Waals surface area contributed by atoms with Crippen molar-refractivity contribution in [2.24, 2.45) is 5.73 Å². The van der Waals surface area contributed by atoms with Gasteiger partial charge >= 0.3 is 0 Å². The van der Waals surface area contributed by atoms with E-state index in [0.717, 1.165) is 31.2 Å². The summed E-state index contributed by atoms with van der Waals surface area (Å²) in [6, 6.07) is 5.71. The average molecular weight is 272 g/mol. The molecule has 2 fully saturated rings. The van der Waals surface area contributed by atoms with E-state index < -0.39 is 0 Å². The van der Waals surface area contributed by atoms with Gasteiger partial charge in [-0.2, -0.15) is 0 Å². The fourth-order valence-electron chi connectivity index (χ4n) is 3.06.